The van der Waals surface area contributed by atoms with E-state index in [4.69, 9.17) is 18.9 Å². The Balaban J connectivity index is 1.40. The van der Waals surface area contributed by atoms with Gasteiger partial charge in [0.25, 0.3) is 15.9 Å². The van der Waals surface area contributed by atoms with Gasteiger partial charge in [-0.25, -0.2) is 12.8 Å². The molecule has 0 aromatic heterocycles. The van der Waals surface area contributed by atoms with Crippen molar-refractivity contribution >= 4 is 21.6 Å². The molecule has 5 rings (SSSR count). The normalized spacial score (nSPS) is 21.1. The summed E-state index contributed by atoms with van der Waals surface area (Å²) in [7, 11) is -2.06. The molecule has 2 heterocycles. The Bertz CT molecular complexity index is 1690. The molecule has 0 radical (unpaired) electrons. The van der Waals surface area contributed by atoms with Crippen molar-refractivity contribution in [2.24, 2.45) is 5.92 Å². The molecule has 11 nitrogen and oxygen atoms in total. The van der Waals surface area contributed by atoms with E-state index in [1.54, 1.807) is 17.9 Å². The van der Waals surface area contributed by atoms with Crippen LogP contribution in [-0.4, -0.2) is 87.6 Å². The average Bonchev–Trinajstić information content (AvgIpc) is 3.54. The van der Waals surface area contributed by atoms with Crippen LogP contribution in [-0.2, 0) is 21.3 Å². The number of likely N-dealkylation sites (N-methyl/N-ethyl adjacent to an activating group) is 1. The summed E-state index contributed by atoms with van der Waals surface area (Å²) in [6, 6.07) is 14.4. The van der Waals surface area contributed by atoms with Gasteiger partial charge >= 0.3 is 0 Å². The lowest BCUT2D eigenvalue weighted by Gasteiger charge is -2.36. The number of nitrogens with one attached hydrogen (secondary N) is 1. The second-order valence-electron chi connectivity index (χ2n) is 13.0. The molecule has 3 aromatic carbocycles. The zero-order valence-corrected chi connectivity index (χ0v) is 29.2. The van der Waals surface area contributed by atoms with E-state index in [2.05, 4.69) is 9.62 Å². The van der Waals surface area contributed by atoms with Crippen LogP contribution in [0.15, 0.2) is 65.6 Å². The van der Waals surface area contributed by atoms with Crippen LogP contribution in [0.5, 0.6) is 17.2 Å². The lowest BCUT2D eigenvalue weighted by molar-refractivity contribution is -0.0177. The van der Waals surface area contributed by atoms with Gasteiger partial charge in [-0.05, 0) is 100 Å². The van der Waals surface area contributed by atoms with Crippen LogP contribution in [0.3, 0.4) is 0 Å². The Morgan fingerprint density at radius 1 is 1.02 bits per heavy atom. The molecule has 0 bridgehead atoms. The number of carbonyl (C=O) groups excluding carboxylic acids is 1. The van der Waals surface area contributed by atoms with Crippen LogP contribution in [0.25, 0.3) is 0 Å². The lowest BCUT2D eigenvalue weighted by Crippen LogP contribution is -2.47. The molecule has 1 amide bonds. The van der Waals surface area contributed by atoms with Crippen LogP contribution in [0.4, 0.5) is 10.1 Å². The number of aliphatic hydroxyl groups is 1. The molecule has 0 spiro atoms. The Hall–Kier alpha value is -3.91. The number of sulfonamides is 1. The van der Waals surface area contributed by atoms with E-state index >= 15 is 0 Å². The first-order chi connectivity index (χ1) is 23.4. The summed E-state index contributed by atoms with van der Waals surface area (Å²) in [4.78, 5) is 18.0. The lowest BCUT2D eigenvalue weighted by atomic mass is 10.0. The van der Waals surface area contributed by atoms with Crippen molar-refractivity contribution in [3.05, 3.63) is 77.6 Å². The van der Waals surface area contributed by atoms with Gasteiger partial charge in [0, 0.05) is 37.8 Å². The van der Waals surface area contributed by atoms with Crippen LogP contribution in [0, 0.1) is 11.7 Å². The van der Waals surface area contributed by atoms with E-state index in [-0.39, 0.29) is 54.2 Å². The fraction of sp³-hybridized carbons (Fsp3) is 0.472. The van der Waals surface area contributed by atoms with Crippen molar-refractivity contribution in [2.75, 3.05) is 44.9 Å². The van der Waals surface area contributed by atoms with Crippen molar-refractivity contribution in [1.29, 1.82) is 0 Å². The topological polar surface area (TPSA) is 127 Å². The third-order valence-electron chi connectivity index (χ3n) is 8.81. The number of halogens is 1. The molecule has 13 heteroatoms. The van der Waals surface area contributed by atoms with Gasteiger partial charge in [-0.15, -0.1) is 0 Å². The van der Waals surface area contributed by atoms with Crippen LogP contribution < -0.4 is 18.9 Å². The predicted octanol–water partition coefficient (Wildman–Crippen LogP) is 5.28. The Morgan fingerprint density at radius 2 is 1.76 bits per heavy atom. The summed E-state index contributed by atoms with van der Waals surface area (Å²) in [5.41, 5.74) is 1.38. The number of carbonyl (C=O) groups is 1. The quantitative estimate of drug-likeness (QED) is 0.307. The van der Waals surface area contributed by atoms with E-state index in [0.717, 1.165) is 48.5 Å². The molecule has 4 atom stereocenters. The van der Waals surface area contributed by atoms with Gasteiger partial charge in [-0.2, -0.15) is 0 Å². The van der Waals surface area contributed by atoms with Gasteiger partial charge in [0.1, 0.15) is 11.6 Å². The number of ether oxygens (including phenoxy) is 4. The predicted molar refractivity (Wildman–Crippen MR) is 183 cm³/mol. The SMILES string of the molecule is C[C@H]1CCCCO[C@H](CN(C)Cc2ccc3c(c2)OCO3)[C@@H](C)CN([C@@H](C)CO)C(=O)c2cc(NS(=O)(=O)c3ccc(F)cc3)ccc2O1. The Morgan fingerprint density at radius 3 is 2.51 bits per heavy atom. The van der Waals surface area contributed by atoms with Crippen molar-refractivity contribution < 1.29 is 41.7 Å². The van der Waals surface area contributed by atoms with E-state index in [9.17, 15) is 22.7 Å². The largest absolute Gasteiger partial charge is 0.490 e. The summed E-state index contributed by atoms with van der Waals surface area (Å²) in [5, 5.41) is 10.2. The summed E-state index contributed by atoms with van der Waals surface area (Å²) >= 11 is 0. The smallest absolute Gasteiger partial charge is 0.261 e. The number of benzene rings is 3. The Kier molecular flexibility index (Phi) is 12.0. The fourth-order valence-corrected chi connectivity index (χ4v) is 7.05. The molecule has 0 unspecified atom stereocenters. The van der Waals surface area contributed by atoms with Gasteiger partial charge in [0.15, 0.2) is 11.5 Å². The standard InChI is InChI=1S/C36H46FN3O8S/c1-24-19-40(25(2)22-41)36(42)31-18-29(38-49(43,44)30-12-9-28(37)10-13-30)11-15-32(31)48-26(3)7-5-6-16-45-35(24)21-39(4)20-27-8-14-33-34(17-27)47-23-46-33/h8-15,17-18,24-26,35,38,41H,5-7,16,19-23H2,1-4H3/t24-,25-,26-,35+/m0/s1. The maximum absolute atomic E-state index is 14.4. The molecule has 49 heavy (non-hydrogen) atoms. The third-order valence-corrected chi connectivity index (χ3v) is 10.2. The van der Waals surface area contributed by atoms with Gasteiger partial charge in [-0.1, -0.05) is 13.0 Å². The van der Waals surface area contributed by atoms with E-state index in [1.807, 2.05) is 39.1 Å². The van der Waals surface area contributed by atoms with Crippen molar-refractivity contribution in [3.8, 4) is 17.2 Å². The average molecular weight is 700 g/mol. The van der Waals surface area contributed by atoms with Crippen LogP contribution in [0.2, 0.25) is 0 Å². The minimum Gasteiger partial charge on any atom is -0.490 e. The number of aliphatic hydroxyl groups excluding tert-OH is 1. The number of rotatable bonds is 9. The second kappa shape index (κ2) is 16.2. The highest BCUT2D eigenvalue weighted by atomic mass is 32.2. The van der Waals surface area contributed by atoms with Crippen molar-refractivity contribution in [1.82, 2.24) is 9.80 Å². The molecule has 0 aliphatic carbocycles. The molecule has 0 saturated carbocycles. The first-order valence-electron chi connectivity index (χ1n) is 16.6. The number of hydrogen-bond acceptors (Lipinski definition) is 9. The molecule has 2 aliphatic heterocycles. The number of nitrogens with zero attached hydrogens (tertiary/aromatic N) is 2. The van der Waals surface area contributed by atoms with Crippen LogP contribution in [0.1, 0.15) is 56.0 Å². The summed E-state index contributed by atoms with van der Waals surface area (Å²) in [6.45, 7) is 7.72. The maximum atomic E-state index is 14.4. The molecule has 2 N–H and O–H groups in total. The monoisotopic (exact) mass is 699 g/mol. The second-order valence-corrected chi connectivity index (χ2v) is 14.6. The van der Waals surface area contributed by atoms with Crippen molar-refractivity contribution in [3.63, 3.8) is 0 Å². The summed E-state index contributed by atoms with van der Waals surface area (Å²) in [5.74, 6) is 0.671. The fourth-order valence-electron chi connectivity index (χ4n) is 6.00. The third kappa shape index (κ3) is 9.41. The van der Waals surface area contributed by atoms with Gasteiger partial charge in [-0.3, -0.25) is 14.4 Å². The summed E-state index contributed by atoms with van der Waals surface area (Å²) < 4.78 is 65.9. The number of fused-ring (bicyclic) bond motifs is 2. The number of anilines is 1. The maximum Gasteiger partial charge on any atom is 0.261 e. The Labute approximate surface area is 288 Å². The minimum absolute atomic E-state index is 0.121. The zero-order chi connectivity index (χ0) is 35.1. The molecule has 2 aliphatic rings. The van der Waals surface area contributed by atoms with E-state index in [1.165, 1.54) is 24.3 Å². The minimum atomic E-state index is -4.08. The van der Waals surface area contributed by atoms with Gasteiger partial charge in [0.05, 0.1) is 35.3 Å². The van der Waals surface area contributed by atoms with E-state index in [0.29, 0.717) is 25.4 Å². The van der Waals surface area contributed by atoms with E-state index < -0.39 is 27.8 Å². The molecule has 0 saturated heterocycles. The summed E-state index contributed by atoms with van der Waals surface area (Å²) in [6.07, 6.45) is 1.93. The molecular weight excluding hydrogens is 653 g/mol. The first-order valence-corrected chi connectivity index (χ1v) is 18.1. The first kappa shape index (κ1) is 36.4. The number of hydrogen-bond donors (Lipinski definition) is 2. The highest BCUT2D eigenvalue weighted by Gasteiger charge is 2.31. The molecule has 0 fully saturated rings. The van der Waals surface area contributed by atoms with Gasteiger partial charge in [0.2, 0.25) is 6.79 Å². The molecular formula is C36H46FN3O8S. The molecule has 3 aromatic rings. The number of amides is 1. The zero-order valence-electron chi connectivity index (χ0n) is 28.4. The van der Waals surface area contributed by atoms with Crippen LogP contribution >= 0.6 is 0 Å². The highest BCUT2D eigenvalue weighted by Crippen LogP contribution is 2.33. The highest BCUT2D eigenvalue weighted by molar-refractivity contribution is 7.92. The van der Waals surface area contributed by atoms with Crippen molar-refractivity contribution in [2.45, 2.75) is 69.7 Å². The molecule has 266 valence electrons. The van der Waals surface area contributed by atoms with Gasteiger partial charge < -0.3 is 29.0 Å².